The summed E-state index contributed by atoms with van der Waals surface area (Å²) in [4.78, 5) is 17.2. The molecule has 1 aliphatic rings. The Labute approximate surface area is 135 Å². The molecule has 1 fully saturated rings. The molecule has 2 rings (SSSR count). The van der Waals surface area contributed by atoms with E-state index in [4.69, 9.17) is 10.5 Å². The van der Waals surface area contributed by atoms with Crippen LogP contribution in [-0.4, -0.2) is 30.1 Å². The molecule has 5 nitrogen and oxygen atoms in total. The normalized spacial score (nSPS) is 16.7. The van der Waals surface area contributed by atoms with Gasteiger partial charge in [0.05, 0.1) is 23.8 Å². The van der Waals surface area contributed by atoms with Crippen molar-refractivity contribution in [2.24, 2.45) is 11.7 Å². The number of thiazole rings is 1. The van der Waals surface area contributed by atoms with Gasteiger partial charge >= 0.3 is 0 Å². The van der Waals surface area contributed by atoms with Gasteiger partial charge in [0.1, 0.15) is 0 Å². The average Bonchev–Trinajstić information content (AvgIpc) is 2.81. The van der Waals surface area contributed by atoms with Crippen molar-refractivity contribution in [3.05, 3.63) is 16.1 Å². The number of hydrogen-bond acceptors (Lipinski definition) is 5. The Morgan fingerprint density at radius 1 is 1.55 bits per heavy atom. The van der Waals surface area contributed by atoms with Crippen LogP contribution >= 0.6 is 36.2 Å². The van der Waals surface area contributed by atoms with E-state index in [2.05, 4.69) is 10.3 Å². The summed E-state index contributed by atoms with van der Waals surface area (Å²) in [5, 5.41) is 2.89. The highest BCUT2D eigenvalue weighted by atomic mass is 35.5. The van der Waals surface area contributed by atoms with E-state index in [0.29, 0.717) is 19.8 Å². The topological polar surface area (TPSA) is 77.2 Å². The fourth-order valence-corrected chi connectivity index (χ4v) is 2.79. The van der Waals surface area contributed by atoms with E-state index in [0.717, 1.165) is 23.4 Å². The van der Waals surface area contributed by atoms with Crippen LogP contribution in [0.4, 0.5) is 0 Å². The number of halogens is 2. The van der Waals surface area contributed by atoms with Crippen molar-refractivity contribution >= 4 is 42.1 Å². The second kappa shape index (κ2) is 9.52. The molecule has 0 aromatic carbocycles. The Kier molecular flexibility index (Phi) is 9.33. The highest BCUT2D eigenvalue weighted by Gasteiger charge is 2.26. The summed E-state index contributed by atoms with van der Waals surface area (Å²) in [6.07, 6.45) is 1.74. The van der Waals surface area contributed by atoms with Crippen LogP contribution in [0.1, 0.15) is 23.4 Å². The first-order valence-corrected chi connectivity index (χ1v) is 7.06. The van der Waals surface area contributed by atoms with E-state index in [-0.39, 0.29) is 36.6 Å². The molecule has 1 aromatic heterocycles. The molecule has 0 aliphatic carbocycles. The first kappa shape index (κ1) is 19.6. The number of rotatable bonds is 4. The maximum Gasteiger partial charge on any atom is 0.237 e. The van der Waals surface area contributed by atoms with Gasteiger partial charge in [-0.1, -0.05) is 0 Å². The largest absolute Gasteiger partial charge is 0.381 e. The fourth-order valence-electron chi connectivity index (χ4n) is 2.07. The predicted octanol–water partition coefficient (Wildman–Crippen LogP) is 1.67. The second-order valence-electron chi connectivity index (χ2n) is 4.55. The molecule has 0 spiro atoms. The van der Waals surface area contributed by atoms with Crippen molar-refractivity contribution in [1.29, 1.82) is 0 Å². The molecular formula is C12H21Cl2N3O2S. The Morgan fingerprint density at radius 3 is 2.75 bits per heavy atom. The molecule has 0 bridgehead atoms. The molecule has 1 aromatic rings. The van der Waals surface area contributed by atoms with Crippen molar-refractivity contribution in [2.75, 3.05) is 13.2 Å². The Balaban J connectivity index is 0.00000180. The highest BCUT2D eigenvalue weighted by Crippen LogP contribution is 2.18. The van der Waals surface area contributed by atoms with Gasteiger partial charge in [-0.15, -0.1) is 36.2 Å². The van der Waals surface area contributed by atoms with Gasteiger partial charge in [-0.3, -0.25) is 4.79 Å². The van der Waals surface area contributed by atoms with E-state index in [1.807, 2.05) is 6.92 Å². The maximum absolute atomic E-state index is 12.0. The summed E-state index contributed by atoms with van der Waals surface area (Å²) < 4.78 is 5.27. The van der Waals surface area contributed by atoms with Gasteiger partial charge in [0, 0.05) is 18.1 Å². The van der Waals surface area contributed by atoms with Crippen LogP contribution in [0.5, 0.6) is 0 Å². The summed E-state index contributed by atoms with van der Waals surface area (Å²) in [5.41, 5.74) is 8.75. The van der Waals surface area contributed by atoms with Gasteiger partial charge in [0.25, 0.3) is 0 Å². The van der Waals surface area contributed by atoms with Crippen LogP contribution in [-0.2, 0) is 16.1 Å². The molecule has 20 heavy (non-hydrogen) atoms. The Morgan fingerprint density at radius 2 is 2.20 bits per heavy atom. The summed E-state index contributed by atoms with van der Waals surface area (Å²) in [7, 11) is 0. The van der Waals surface area contributed by atoms with Crippen molar-refractivity contribution < 1.29 is 9.53 Å². The van der Waals surface area contributed by atoms with Crippen LogP contribution in [0.25, 0.3) is 0 Å². The minimum atomic E-state index is -0.429. The first-order valence-electron chi connectivity index (χ1n) is 6.18. The third-order valence-electron chi connectivity index (χ3n) is 3.34. The van der Waals surface area contributed by atoms with Crippen molar-refractivity contribution in [2.45, 2.75) is 32.4 Å². The number of hydrogen-bond donors (Lipinski definition) is 2. The predicted molar refractivity (Wildman–Crippen MR) is 84.7 cm³/mol. The molecule has 116 valence electrons. The molecule has 0 radical (unpaired) electrons. The average molecular weight is 342 g/mol. The summed E-state index contributed by atoms with van der Waals surface area (Å²) in [5.74, 6) is 0.163. The third kappa shape index (κ3) is 5.18. The molecule has 3 N–H and O–H groups in total. The first-order chi connectivity index (χ1) is 8.68. The SMILES string of the molecule is Cc1ncsc1CNC(=O)C(N)C1CCOCC1.Cl.Cl. The van der Waals surface area contributed by atoms with Gasteiger partial charge in [-0.25, -0.2) is 4.98 Å². The van der Waals surface area contributed by atoms with E-state index in [9.17, 15) is 4.79 Å². The number of nitrogens with zero attached hydrogens (tertiary/aromatic N) is 1. The minimum Gasteiger partial charge on any atom is -0.381 e. The lowest BCUT2D eigenvalue weighted by Crippen LogP contribution is -2.46. The number of aryl methyl sites for hydroxylation is 1. The lowest BCUT2D eigenvalue weighted by Gasteiger charge is -2.26. The van der Waals surface area contributed by atoms with Crippen molar-refractivity contribution in [3.63, 3.8) is 0 Å². The van der Waals surface area contributed by atoms with Crippen LogP contribution in [0.2, 0.25) is 0 Å². The number of aromatic nitrogens is 1. The molecule has 1 aliphatic heterocycles. The number of nitrogens with one attached hydrogen (secondary N) is 1. The van der Waals surface area contributed by atoms with Crippen LogP contribution in [0.15, 0.2) is 5.51 Å². The summed E-state index contributed by atoms with van der Waals surface area (Å²) in [6.45, 7) is 3.88. The lowest BCUT2D eigenvalue weighted by atomic mass is 9.92. The molecule has 1 unspecified atom stereocenters. The zero-order valence-electron chi connectivity index (χ0n) is 11.3. The number of amides is 1. The molecule has 2 heterocycles. The Bertz CT molecular complexity index is 411. The summed E-state index contributed by atoms with van der Waals surface area (Å²) in [6, 6.07) is -0.429. The zero-order valence-corrected chi connectivity index (χ0v) is 13.8. The van der Waals surface area contributed by atoms with E-state index in [1.165, 1.54) is 0 Å². The molecule has 1 amide bonds. The van der Waals surface area contributed by atoms with Crippen molar-refractivity contribution in [3.8, 4) is 0 Å². The quantitative estimate of drug-likeness (QED) is 0.873. The molecule has 1 saturated heterocycles. The standard InChI is InChI=1S/C12H19N3O2S.2ClH/c1-8-10(18-7-15-8)6-14-12(16)11(13)9-2-4-17-5-3-9;;/h7,9,11H,2-6,13H2,1H3,(H,14,16);2*1H. The molecular weight excluding hydrogens is 321 g/mol. The Hall–Kier alpha value is -0.400. The van der Waals surface area contributed by atoms with Crippen LogP contribution in [0.3, 0.4) is 0 Å². The van der Waals surface area contributed by atoms with Gasteiger partial charge in [0.15, 0.2) is 0 Å². The fraction of sp³-hybridized carbons (Fsp3) is 0.667. The zero-order chi connectivity index (χ0) is 13.0. The summed E-state index contributed by atoms with van der Waals surface area (Å²) >= 11 is 1.55. The number of nitrogens with two attached hydrogens (primary N) is 1. The molecule has 0 saturated carbocycles. The van der Waals surface area contributed by atoms with Crippen molar-refractivity contribution in [1.82, 2.24) is 10.3 Å². The molecule has 1 atom stereocenters. The van der Waals surface area contributed by atoms with Crippen LogP contribution in [0, 0.1) is 12.8 Å². The van der Waals surface area contributed by atoms with Gasteiger partial charge < -0.3 is 15.8 Å². The maximum atomic E-state index is 12.0. The van der Waals surface area contributed by atoms with E-state index >= 15 is 0 Å². The highest BCUT2D eigenvalue weighted by molar-refractivity contribution is 7.09. The van der Waals surface area contributed by atoms with Gasteiger partial charge in [-0.2, -0.15) is 0 Å². The van der Waals surface area contributed by atoms with E-state index < -0.39 is 6.04 Å². The number of carbonyl (C=O) groups is 1. The monoisotopic (exact) mass is 341 g/mol. The van der Waals surface area contributed by atoms with Gasteiger partial charge in [-0.05, 0) is 25.7 Å². The molecule has 8 heteroatoms. The van der Waals surface area contributed by atoms with E-state index in [1.54, 1.807) is 16.8 Å². The van der Waals surface area contributed by atoms with Gasteiger partial charge in [0.2, 0.25) is 5.91 Å². The third-order valence-corrected chi connectivity index (χ3v) is 4.28. The minimum absolute atomic E-state index is 0. The number of carbonyl (C=O) groups excluding carboxylic acids is 1. The second-order valence-corrected chi connectivity index (χ2v) is 5.49. The van der Waals surface area contributed by atoms with Crippen LogP contribution < -0.4 is 11.1 Å². The lowest BCUT2D eigenvalue weighted by molar-refractivity contribution is -0.124. The smallest absolute Gasteiger partial charge is 0.237 e. The number of ether oxygens (including phenoxy) is 1.